The van der Waals surface area contributed by atoms with E-state index in [0.717, 1.165) is 45.5 Å². The Bertz CT molecular complexity index is 370. The molecule has 0 amide bonds. The molecule has 5 nitrogen and oxygen atoms in total. The van der Waals surface area contributed by atoms with E-state index in [2.05, 4.69) is 32.6 Å². The van der Waals surface area contributed by atoms with Crippen LogP contribution in [0.1, 0.15) is 81.1 Å². The number of unbranched alkanes of at least 4 members (excludes halogenated alkanes) is 1. The summed E-state index contributed by atoms with van der Waals surface area (Å²) in [6.45, 7) is 21.4. The van der Waals surface area contributed by atoms with Gasteiger partial charge in [-0.1, -0.05) is 27.7 Å². The first kappa shape index (κ1) is 24.8. The van der Waals surface area contributed by atoms with E-state index < -0.39 is 5.79 Å². The van der Waals surface area contributed by atoms with Crippen molar-refractivity contribution in [1.82, 2.24) is 4.90 Å². The van der Waals surface area contributed by atoms with Gasteiger partial charge in [0.1, 0.15) is 12.2 Å². The molecule has 0 N–H and O–H groups in total. The van der Waals surface area contributed by atoms with E-state index in [0.29, 0.717) is 6.61 Å². The largest absolute Gasteiger partial charge is 0.373 e. The summed E-state index contributed by atoms with van der Waals surface area (Å²) in [6.07, 6.45) is 4.33. The monoisotopic (exact) mass is 387 g/mol. The van der Waals surface area contributed by atoms with Crippen molar-refractivity contribution in [3.05, 3.63) is 0 Å². The third-order valence-electron chi connectivity index (χ3n) is 5.34. The summed E-state index contributed by atoms with van der Waals surface area (Å²) in [5, 5.41) is 0. The quantitative estimate of drug-likeness (QED) is 0.511. The molecule has 162 valence electrons. The summed E-state index contributed by atoms with van der Waals surface area (Å²) < 4.78 is 24.4. The highest BCUT2D eigenvalue weighted by molar-refractivity contribution is 4.91. The molecule has 3 unspecified atom stereocenters. The van der Waals surface area contributed by atoms with E-state index in [-0.39, 0.29) is 23.9 Å². The Morgan fingerprint density at radius 2 is 1.67 bits per heavy atom. The molecule has 27 heavy (non-hydrogen) atoms. The van der Waals surface area contributed by atoms with Gasteiger partial charge in [0.05, 0.1) is 18.3 Å². The van der Waals surface area contributed by atoms with E-state index in [9.17, 15) is 0 Å². The number of ether oxygens (including phenoxy) is 4. The average molecular weight is 388 g/mol. The zero-order chi connectivity index (χ0) is 20.5. The number of hydrogen-bond donors (Lipinski definition) is 0. The molecule has 5 heteroatoms. The number of rotatable bonds is 10. The second-order valence-electron chi connectivity index (χ2n) is 8.39. The predicted octanol–water partition coefficient (Wildman–Crippen LogP) is 4.63. The SMILES string of the molecule is CC.CCN(CC)CCCCOC(C1CCC(C)(C)O1)C1COC(C)(C)O1. The molecule has 0 aromatic carbocycles. The predicted molar refractivity (Wildman–Crippen MR) is 111 cm³/mol. The molecule has 0 spiro atoms. The minimum atomic E-state index is -0.525. The molecule has 0 aromatic heterocycles. The summed E-state index contributed by atoms with van der Waals surface area (Å²) in [4.78, 5) is 2.45. The minimum absolute atomic E-state index is 0.0444. The van der Waals surface area contributed by atoms with Gasteiger partial charge < -0.3 is 23.8 Å². The van der Waals surface area contributed by atoms with Gasteiger partial charge in [0, 0.05) is 6.61 Å². The Balaban J connectivity index is 0.00000176. The van der Waals surface area contributed by atoms with Crippen molar-refractivity contribution in [3.63, 3.8) is 0 Å². The highest BCUT2D eigenvalue weighted by atomic mass is 16.8. The Kier molecular flexibility index (Phi) is 10.8. The maximum Gasteiger partial charge on any atom is 0.163 e. The molecule has 2 heterocycles. The lowest BCUT2D eigenvalue weighted by Gasteiger charge is -2.30. The molecule has 2 aliphatic heterocycles. The molecule has 0 saturated carbocycles. The molecule has 2 saturated heterocycles. The zero-order valence-electron chi connectivity index (χ0n) is 19.2. The fraction of sp³-hybridized carbons (Fsp3) is 1.00. The van der Waals surface area contributed by atoms with Crippen LogP contribution in [0, 0.1) is 0 Å². The molecular weight excluding hydrogens is 342 g/mol. The molecule has 2 fully saturated rings. The summed E-state index contributed by atoms with van der Waals surface area (Å²) in [5.41, 5.74) is -0.0655. The lowest BCUT2D eigenvalue weighted by atomic mass is 10.0. The maximum atomic E-state index is 6.30. The van der Waals surface area contributed by atoms with Crippen molar-refractivity contribution >= 4 is 0 Å². The minimum Gasteiger partial charge on any atom is -0.373 e. The second-order valence-corrected chi connectivity index (χ2v) is 8.39. The van der Waals surface area contributed by atoms with Crippen molar-refractivity contribution in [2.24, 2.45) is 0 Å². The fourth-order valence-corrected chi connectivity index (χ4v) is 3.78. The van der Waals surface area contributed by atoms with Crippen LogP contribution in [0.2, 0.25) is 0 Å². The van der Waals surface area contributed by atoms with Gasteiger partial charge in [-0.25, -0.2) is 0 Å². The summed E-state index contributed by atoms with van der Waals surface area (Å²) in [7, 11) is 0. The Labute approximate surface area is 168 Å². The van der Waals surface area contributed by atoms with Crippen LogP contribution in [0.15, 0.2) is 0 Å². The summed E-state index contributed by atoms with van der Waals surface area (Å²) in [6, 6.07) is 0. The lowest BCUT2D eigenvalue weighted by molar-refractivity contribution is -0.178. The third kappa shape index (κ3) is 8.36. The topological polar surface area (TPSA) is 40.2 Å². The Morgan fingerprint density at radius 3 is 2.15 bits per heavy atom. The smallest absolute Gasteiger partial charge is 0.163 e. The van der Waals surface area contributed by atoms with Crippen LogP contribution in [0.3, 0.4) is 0 Å². The normalized spacial score (nSPS) is 27.4. The third-order valence-corrected chi connectivity index (χ3v) is 5.34. The van der Waals surface area contributed by atoms with Crippen LogP contribution in [-0.4, -0.2) is 67.4 Å². The van der Waals surface area contributed by atoms with Gasteiger partial charge >= 0.3 is 0 Å². The molecule has 3 atom stereocenters. The first-order valence-corrected chi connectivity index (χ1v) is 11.1. The first-order valence-electron chi connectivity index (χ1n) is 11.1. The van der Waals surface area contributed by atoms with E-state index in [1.807, 2.05) is 27.7 Å². The average Bonchev–Trinajstić information content (AvgIpc) is 3.17. The number of nitrogens with zero attached hydrogens (tertiary/aromatic N) is 1. The van der Waals surface area contributed by atoms with E-state index >= 15 is 0 Å². The van der Waals surface area contributed by atoms with Crippen molar-refractivity contribution in [3.8, 4) is 0 Å². The fourth-order valence-electron chi connectivity index (χ4n) is 3.78. The standard InChI is InChI=1S/C20H39NO4.C2H6/c1-7-21(8-2)13-9-10-14-22-18(16-11-12-19(3,4)24-16)17-15-23-20(5,6)25-17;1-2/h16-18H,7-15H2,1-6H3;1-2H3. The van der Waals surface area contributed by atoms with E-state index in [1.54, 1.807) is 0 Å². The molecule has 2 rings (SSSR count). The van der Waals surface area contributed by atoms with E-state index in [4.69, 9.17) is 18.9 Å². The van der Waals surface area contributed by atoms with Gasteiger partial charge in [-0.2, -0.15) is 0 Å². The van der Waals surface area contributed by atoms with Crippen molar-refractivity contribution in [2.75, 3.05) is 32.8 Å². The van der Waals surface area contributed by atoms with Crippen LogP contribution < -0.4 is 0 Å². The van der Waals surface area contributed by atoms with Crippen molar-refractivity contribution in [1.29, 1.82) is 0 Å². The van der Waals surface area contributed by atoms with Crippen LogP contribution in [0.25, 0.3) is 0 Å². The van der Waals surface area contributed by atoms with Gasteiger partial charge in [-0.15, -0.1) is 0 Å². The molecule has 0 aromatic rings. The van der Waals surface area contributed by atoms with Gasteiger partial charge in [0.25, 0.3) is 0 Å². The lowest BCUT2D eigenvalue weighted by Crippen LogP contribution is -2.43. The first-order chi connectivity index (χ1) is 12.8. The molecule has 0 bridgehead atoms. The zero-order valence-corrected chi connectivity index (χ0v) is 19.2. The van der Waals surface area contributed by atoms with Crippen molar-refractivity contribution < 1.29 is 18.9 Å². The van der Waals surface area contributed by atoms with Crippen LogP contribution in [0.5, 0.6) is 0 Å². The maximum absolute atomic E-state index is 6.30. The van der Waals surface area contributed by atoms with Gasteiger partial charge in [0.15, 0.2) is 5.79 Å². The Morgan fingerprint density at radius 1 is 1.00 bits per heavy atom. The van der Waals surface area contributed by atoms with Gasteiger partial charge in [-0.3, -0.25) is 0 Å². The Hall–Kier alpha value is -0.200. The summed E-state index contributed by atoms with van der Waals surface area (Å²) >= 11 is 0. The van der Waals surface area contributed by atoms with Crippen LogP contribution >= 0.6 is 0 Å². The highest BCUT2D eigenvalue weighted by Crippen LogP contribution is 2.36. The highest BCUT2D eigenvalue weighted by Gasteiger charge is 2.45. The van der Waals surface area contributed by atoms with Crippen molar-refractivity contribution in [2.45, 2.75) is 111 Å². The van der Waals surface area contributed by atoms with Gasteiger partial charge in [0.2, 0.25) is 0 Å². The van der Waals surface area contributed by atoms with Gasteiger partial charge in [-0.05, 0) is 73.0 Å². The molecular formula is C22H45NO4. The molecule has 0 radical (unpaired) electrons. The van der Waals surface area contributed by atoms with Crippen LogP contribution in [-0.2, 0) is 18.9 Å². The second kappa shape index (κ2) is 11.7. The van der Waals surface area contributed by atoms with Crippen LogP contribution in [0.4, 0.5) is 0 Å². The number of hydrogen-bond acceptors (Lipinski definition) is 5. The summed E-state index contributed by atoms with van der Waals surface area (Å²) in [5.74, 6) is -0.525. The van der Waals surface area contributed by atoms with E-state index in [1.165, 1.54) is 6.42 Å². The molecule has 0 aliphatic carbocycles. The molecule has 2 aliphatic rings.